The van der Waals surface area contributed by atoms with Gasteiger partial charge in [0, 0.05) is 29.8 Å². The maximum atomic E-state index is 13.2. The van der Waals surface area contributed by atoms with Crippen molar-refractivity contribution in [3.8, 4) is 5.69 Å². The minimum absolute atomic E-state index is 0.197. The van der Waals surface area contributed by atoms with E-state index < -0.39 is 0 Å². The van der Waals surface area contributed by atoms with Gasteiger partial charge in [-0.15, -0.1) is 11.3 Å². The Morgan fingerprint density at radius 1 is 1.10 bits per heavy atom. The minimum Gasteiger partial charge on any atom is -0.298 e. The van der Waals surface area contributed by atoms with Crippen molar-refractivity contribution >= 4 is 33.1 Å². The van der Waals surface area contributed by atoms with E-state index in [1.807, 2.05) is 18.2 Å². The largest absolute Gasteiger partial charge is 0.298 e. The highest BCUT2D eigenvalue weighted by atomic mass is 32.1. The molecule has 0 saturated heterocycles. The molecule has 0 aliphatic carbocycles. The first kappa shape index (κ1) is 19.6. The molecule has 0 radical (unpaired) electrons. The fraction of sp³-hybridized carbons (Fsp3) is 0.217. The molecule has 31 heavy (non-hydrogen) atoms. The third kappa shape index (κ3) is 3.64. The third-order valence-corrected chi connectivity index (χ3v) is 6.50. The van der Waals surface area contributed by atoms with Crippen LogP contribution in [0.1, 0.15) is 28.0 Å². The average molecular weight is 432 g/mol. The van der Waals surface area contributed by atoms with Crippen LogP contribution in [0.5, 0.6) is 0 Å². The van der Waals surface area contributed by atoms with Crippen LogP contribution >= 0.6 is 11.3 Å². The second-order valence-corrected chi connectivity index (χ2v) is 8.49. The number of benzene rings is 2. The zero-order valence-electron chi connectivity index (χ0n) is 17.0. The van der Waals surface area contributed by atoms with E-state index in [2.05, 4.69) is 27.2 Å². The van der Waals surface area contributed by atoms with Gasteiger partial charge in [-0.1, -0.05) is 43.3 Å². The molecule has 1 aliphatic rings. The molecule has 0 atom stereocenters. The summed E-state index contributed by atoms with van der Waals surface area (Å²) in [6, 6.07) is 16.2. The highest BCUT2D eigenvalue weighted by molar-refractivity contribution is 7.15. The Labute approximate surface area is 183 Å². The van der Waals surface area contributed by atoms with Gasteiger partial charge in [0.15, 0.2) is 10.8 Å². The van der Waals surface area contributed by atoms with Crippen molar-refractivity contribution in [2.45, 2.75) is 19.9 Å². The van der Waals surface area contributed by atoms with Gasteiger partial charge in [0.1, 0.15) is 0 Å². The molecule has 156 valence electrons. The van der Waals surface area contributed by atoms with Gasteiger partial charge < -0.3 is 0 Å². The number of aromatic nitrogens is 3. The lowest BCUT2D eigenvalue weighted by molar-refractivity contribution is 0.102. The Balaban J connectivity index is 1.54. The van der Waals surface area contributed by atoms with E-state index in [1.54, 1.807) is 36.4 Å². The maximum absolute atomic E-state index is 13.2. The Morgan fingerprint density at radius 2 is 1.84 bits per heavy atom. The van der Waals surface area contributed by atoms with Crippen molar-refractivity contribution in [2.75, 3.05) is 18.4 Å². The van der Waals surface area contributed by atoms with Crippen LogP contribution < -0.4 is 10.9 Å². The van der Waals surface area contributed by atoms with E-state index in [4.69, 9.17) is 0 Å². The minimum atomic E-state index is -0.376. The van der Waals surface area contributed by atoms with Crippen LogP contribution in [0.4, 0.5) is 5.13 Å². The van der Waals surface area contributed by atoms with Gasteiger partial charge in [0.05, 0.1) is 16.8 Å². The molecule has 5 rings (SSSR count). The van der Waals surface area contributed by atoms with Gasteiger partial charge in [-0.3, -0.25) is 19.8 Å². The summed E-state index contributed by atoms with van der Waals surface area (Å²) in [5.74, 6) is -0.376. The van der Waals surface area contributed by atoms with Gasteiger partial charge in [0.25, 0.3) is 11.5 Å². The Bertz CT molecular complexity index is 1330. The van der Waals surface area contributed by atoms with E-state index in [-0.39, 0.29) is 17.2 Å². The average Bonchev–Trinajstić information content (AvgIpc) is 3.21. The molecule has 0 spiro atoms. The summed E-state index contributed by atoms with van der Waals surface area (Å²) in [6.07, 6.45) is 0.885. The number of carbonyl (C=O) groups excluding carboxylic acids is 1. The third-order valence-electron chi connectivity index (χ3n) is 5.50. The first-order valence-corrected chi connectivity index (χ1v) is 11.1. The number of hydrogen-bond donors (Lipinski definition) is 1. The van der Waals surface area contributed by atoms with Crippen molar-refractivity contribution in [1.82, 2.24) is 19.7 Å². The summed E-state index contributed by atoms with van der Waals surface area (Å²) in [7, 11) is 0. The van der Waals surface area contributed by atoms with E-state index in [1.165, 1.54) is 20.9 Å². The van der Waals surface area contributed by atoms with Gasteiger partial charge in [-0.2, -0.15) is 9.78 Å². The number of carbonyl (C=O) groups is 1. The van der Waals surface area contributed by atoms with Crippen LogP contribution in [-0.4, -0.2) is 38.7 Å². The van der Waals surface area contributed by atoms with E-state index in [9.17, 15) is 9.59 Å². The number of amides is 1. The first-order chi connectivity index (χ1) is 15.1. The van der Waals surface area contributed by atoms with Gasteiger partial charge in [-0.25, -0.2) is 4.98 Å². The molecule has 3 heterocycles. The van der Waals surface area contributed by atoms with Gasteiger partial charge in [-0.05, 0) is 24.7 Å². The summed E-state index contributed by atoms with van der Waals surface area (Å²) in [5.41, 5.74) is 1.60. The Hall–Kier alpha value is -3.36. The molecule has 0 bridgehead atoms. The normalized spacial score (nSPS) is 13.8. The summed E-state index contributed by atoms with van der Waals surface area (Å²) < 4.78 is 1.28. The molecule has 0 fully saturated rings. The molecule has 7 nitrogen and oxygen atoms in total. The molecule has 0 saturated carbocycles. The molecule has 2 aromatic heterocycles. The molecule has 1 aliphatic heterocycles. The number of nitrogens with zero attached hydrogens (tertiary/aromatic N) is 4. The quantitative estimate of drug-likeness (QED) is 0.535. The molecule has 1 amide bonds. The van der Waals surface area contributed by atoms with E-state index in [0.717, 1.165) is 31.7 Å². The zero-order chi connectivity index (χ0) is 21.4. The lowest BCUT2D eigenvalue weighted by Crippen LogP contribution is -2.29. The van der Waals surface area contributed by atoms with Gasteiger partial charge >= 0.3 is 0 Å². The number of likely N-dealkylation sites (N-methyl/N-ethyl adjacent to an activating group) is 1. The monoisotopic (exact) mass is 431 g/mol. The van der Waals surface area contributed by atoms with Crippen molar-refractivity contribution in [1.29, 1.82) is 0 Å². The number of anilines is 1. The smallest absolute Gasteiger partial charge is 0.279 e. The van der Waals surface area contributed by atoms with Crippen LogP contribution in [0.3, 0.4) is 0 Å². The van der Waals surface area contributed by atoms with Crippen molar-refractivity contribution in [2.24, 2.45) is 0 Å². The standard InChI is InChI=1S/C23H21N5O2S/c1-2-27-13-12-18-19(14-27)31-23(24-18)25-21(29)20-16-10-6-7-11-17(16)22(30)28(26-20)15-8-4-3-5-9-15/h3-11H,2,12-14H2,1H3,(H,24,25,29). The first-order valence-electron chi connectivity index (χ1n) is 10.2. The molecule has 4 aromatic rings. The van der Waals surface area contributed by atoms with Gasteiger partial charge in [0.2, 0.25) is 0 Å². The number of thiazole rings is 1. The zero-order valence-corrected chi connectivity index (χ0v) is 17.9. The molecule has 1 N–H and O–H groups in total. The van der Waals surface area contributed by atoms with Crippen molar-refractivity contribution in [3.63, 3.8) is 0 Å². The number of nitrogens with one attached hydrogen (secondary N) is 1. The second-order valence-electron chi connectivity index (χ2n) is 7.41. The SMILES string of the molecule is CCN1CCc2nc(NC(=O)c3nn(-c4ccccc4)c(=O)c4ccccc34)sc2C1. The highest BCUT2D eigenvalue weighted by Crippen LogP contribution is 2.28. The molecular weight excluding hydrogens is 410 g/mol. The Kier molecular flexibility index (Phi) is 5.09. The van der Waals surface area contributed by atoms with Crippen LogP contribution in [0.25, 0.3) is 16.5 Å². The molecule has 8 heteroatoms. The topological polar surface area (TPSA) is 80.1 Å². The van der Waals surface area contributed by atoms with Crippen LogP contribution in [0, 0.1) is 0 Å². The predicted octanol–water partition coefficient (Wildman–Crippen LogP) is 3.47. The fourth-order valence-electron chi connectivity index (χ4n) is 3.83. The molecule has 0 unspecified atom stereocenters. The summed E-state index contributed by atoms with van der Waals surface area (Å²) in [6.45, 7) is 4.98. The fourth-order valence-corrected chi connectivity index (χ4v) is 4.88. The number of hydrogen-bond acceptors (Lipinski definition) is 6. The summed E-state index contributed by atoms with van der Waals surface area (Å²) in [4.78, 5) is 34.4. The summed E-state index contributed by atoms with van der Waals surface area (Å²) in [5, 5.41) is 8.88. The molecular formula is C23H21N5O2S. The predicted molar refractivity (Wildman–Crippen MR) is 122 cm³/mol. The number of fused-ring (bicyclic) bond motifs is 2. The Morgan fingerprint density at radius 3 is 2.61 bits per heavy atom. The lowest BCUT2D eigenvalue weighted by Gasteiger charge is -2.23. The summed E-state index contributed by atoms with van der Waals surface area (Å²) >= 11 is 1.51. The number of rotatable bonds is 4. The highest BCUT2D eigenvalue weighted by Gasteiger charge is 2.22. The van der Waals surface area contributed by atoms with Crippen LogP contribution in [0.2, 0.25) is 0 Å². The van der Waals surface area contributed by atoms with E-state index in [0.29, 0.717) is 21.6 Å². The van der Waals surface area contributed by atoms with Crippen molar-refractivity contribution in [3.05, 3.63) is 81.2 Å². The van der Waals surface area contributed by atoms with Crippen LogP contribution in [-0.2, 0) is 13.0 Å². The van der Waals surface area contributed by atoms with Crippen molar-refractivity contribution < 1.29 is 4.79 Å². The number of para-hydroxylation sites is 1. The lowest BCUT2D eigenvalue weighted by atomic mass is 10.1. The van der Waals surface area contributed by atoms with E-state index >= 15 is 0 Å². The maximum Gasteiger partial charge on any atom is 0.279 e. The second kappa shape index (κ2) is 8.05. The molecule has 2 aromatic carbocycles. The van der Waals surface area contributed by atoms with Crippen LogP contribution in [0.15, 0.2) is 59.4 Å².